The summed E-state index contributed by atoms with van der Waals surface area (Å²) in [6.45, 7) is 14.2. The Morgan fingerprint density at radius 3 is 0.716 bits per heavy atom. The van der Waals surface area contributed by atoms with Crippen molar-refractivity contribution in [3.63, 3.8) is 0 Å². The van der Waals surface area contributed by atoms with Gasteiger partial charge in [-0.25, -0.2) is 0 Å². The second kappa shape index (κ2) is 35.2. The van der Waals surface area contributed by atoms with Gasteiger partial charge in [-0.05, 0) is 333 Å². The number of hydrogen-bond donors (Lipinski definition) is 0. The monoisotopic (exact) mass is 1890 g/mol. The van der Waals surface area contributed by atoms with Gasteiger partial charge in [-0.2, -0.15) is 0 Å². The van der Waals surface area contributed by atoms with Crippen LogP contribution >= 0.6 is 0 Å². The largest absolute Gasteiger partial charge is 0.310 e. The Kier molecular flexibility index (Phi) is 21.1. The van der Waals surface area contributed by atoms with Gasteiger partial charge in [0.05, 0.1) is 10.8 Å². The lowest BCUT2D eigenvalue weighted by molar-refractivity contribution is 0.660. The van der Waals surface area contributed by atoms with E-state index in [1.807, 2.05) is 0 Å². The summed E-state index contributed by atoms with van der Waals surface area (Å²) in [4.78, 5) is 7.29. The van der Waals surface area contributed by atoms with Crippen molar-refractivity contribution in [1.29, 1.82) is 0 Å². The van der Waals surface area contributed by atoms with Crippen molar-refractivity contribution < 1.29 is 0 Å². The summed E-state index contributed by atoms with van der Waals surface area (Å²) in [5.41, 5.74) is 51.2. The first kappa shape index (κ1) is 88.9. The second-order valence-corrected chi connectivity index (χ2v) is 42.1. The molecule has 0 radical (unpaired) electrons. The van der Waals surface area contributed by atoms with Crippen LogP contribution < -0.4 is 14.7 Å². The van der Waals surface area contributed by atoms with E-state index in [2.05, 4.69) is 596 Å². The summed E-state index contributed by atoms with van der Waals surface area (Å²) in [7, 11) is 0. The van der Waals surface area contributed by atoms with Crippen molar-refractivity contribution in [2.24, 2.45) is 0 Å². The fourth-order valence-corrected chi connectivity index (χ4v) is 26.0. The molecule has 0 saturated carbocycles. The second-order valence-electron chi connectivity index (χ2n) is 42.1. The maximum Gasteiger partial charge on any atom is 0.0726 e. The van der Waals surface area contributed by atoms with Crippen molar-refractivity contribution in [2.45, 2.75) is 68.6 Å². The molecular weight excluding hydrogens is 1780 g/mol. The first-order valence-corrected chi connectivity index (χ1v) is 52.0. The fraction of sp³-hybridized carbons (Fsp3) is 0.0759. The predicted molar refractivity (Wildman–Crippen MR) is 621 cm³/mol. The Morgan fingerprint density at radius 1 is 0.122 bits per heavy atom. The van der Waals surface area contributed by atoms with Crippen molar-refractivity contribution >= 4 is 72.7 Å². The number of fused-ring (bicyclic) bond motifs is 24. The number of rotatable bonds is 14. The molecule has 23 aromatic carbocycles. The molecule has 0 atom stereocenters. The molecule has 0 heterocycles. The van der Waals surface area contributed by atoms with E-state index in [9.17, 15) is 0 Å². The summed E-state index contributed by atoms with van der Waals surface area (Å²) in [6, 6.07) is 199. The highest BCUT2D eigenvalue weighted by molar-refractivity contribution is 6.01. The highest BCUT2D eigenvalue weighted by Crippen LogP contribution is 2.65. The molecule has 3 heteroatoms. The van der Waals surface area contributed by atoms with Crippen molar-refractivity contribution in [3.05, 3.63) is 618 Å². The van der Waals surface area contributed by atoms with E-state index in [0.29, 0.717) is 0 Å². The van der Waals surface area contributed by atoms with Crippen LogP contribution in [0, 0.1) is 0 Å². The number of nitrogens with zero attached hydrogens (tertiary/aromatic N) is 3. The molecule has 29 rings (SSSR count). The minimum atomic E-state index is -0.491. The predicted octanol–water partition coefficient (Wildman–Crippen LogP) is 38.4. The first-order valence-electron chi connectivity index (χ1n) is 52.0. The number of benzene rings is 23. The summed E-state index contributed by atoms with van der Waals surface area (Å²) in [6.07, 6.45) is 0. The molecule has 6 aliphatic carbocycles. The highest BCUT2D eigenvalue weighted by atomic mass is 15.2. The van der Waals surface area contributed by atoms with Gasteiger partial charge in [0.15, 0.2) is 0 Å². The third kappa shape index (κ3) is 14.1. The van der Waals surface area contributed by atoms with E-state index in [1.54, 1.807) is 0 Å². The van der Waals surface area contributed by atoms with E-state index in [-0.39, 0.29) is 21.7 Å². The summed E-state index contributed by atoms with van der Waals surface area (Å²) in [5.74, 6) is 0. The van der Waals surface area contributed by atoms with Crippen LogP contribution in [-0.4, -0.2) is 0 Å². The van der Waals surface area contributed by atoms with Crippen molar-refractivity contribution in [3.8, 4) is 100 Å². The zero-order valence-corrected chi connectivity index (χ0v) is 83.7. The number of para-hydroxylation sites is 1. The molecule has 0 aliphatic heterocycles. The van der Waals surface area contributed by atoms with E-state index in [1.165, 1.54) is 211 Å². The van der Waals surface area contributed by atoms with Crippen LogP contribution in [-0.2, 0) is 27.1 Å². The molecule has 23 aromatic rings. The quantitative estimate of drug-likeness (QED) is 0.107. The maximum atomic E-state index is 2.47. The molecular formula is C145H107N3. The van der Waals surface area contributed by atoms with Gasteiger partial charge in [-0.1, -0.05) is 448 Å². The average molecular weight is 1890 g/mol. The molecule has 0 bridgehead atoms. The van der Waals surface area contributed by atoms with Gasteiger partial charge in [0.2, 0.25) is 0 Å². The van der Waals surface area contributed by atoms with Crippen LogP contribution in [0.5, 0.6) is 0 Å². The van der Waals surface area contributed by atoms with Crippen molar-refractivity contribution in [1.82, 2.24) is 0 Å². The molecule has 0 saturated heterocycles. The third-order valence-electron chi connectivity index (χ3n) is 33.0. The van der Waals surface area contributed by atoms with E-state index in [0.717, 1.165) is 39.8 Å². The number of anilines is 9. The summed E-state index contributed by atoms with van der Waals surface area (Å²) in [5, 5.41) is 5.15. The van der Waals surface area contributed by atoms with E-state index >= 15 is 0 Å². The average Bonchev–Trinajstić information content (AvgIpc) is 1.50. The maximum absolute atomic E-state index is 2.47. The van der Waals surface area contributed by atoms with Gasteiger partial charge in [0.1, 0.15) is 0 Å². The zero-order valence-electron chi connectivity index (χ0n) is 83.7. The van der Waals surface area contributed by atoms with Gasteiger partial charge < -0.3 is 14.7 Å². The normalized spacial score (nSPS) is 14.0. The zero-order chi connectivity index (χ0) is 99.1. The highest BCUT2D eigenvalue weighted by Gasteiger charge is 2.53. The van der Waals surface area contributed by atoms with Gasteiger partial charge in [0, 0.05) is 67.4 Å². The Morgan fingerprint density at radius 2 is 0.331 bits per heavy atom. The molecule has 0 N–H and O–H groups in total. The van der Waals surface area contributed by atoms with Crippen LogP contribution in [0.15, 0.2) is 540 Å². The first-order chi connectivity index (χ1) is 72.7. The smallest absolute Gasteiger partial charge is 0.0726 e. The lowest BCUT2D eigenvalue weighted by Gasteiger charge is -2.35. The topological polar surface area (TPSA) is 9.72 Å². The van der Waals surface area contributed by atoms with E-state index in [4.69, 9.17) is 0 Å². The molecule has 0 aromatic heterocycles. The third-order valence-corrected chi connectivity index (χ3v) is 33.0. The standard InChI is InChI=1S/C56H41N.C46H37N.C43H29N/c1-55(2)51-33-31-45(36-50(51)49-34-40-18-12-13-19-41(40)35-53(49)55)57(44-28-26-39(27-29-44)38-16-6-3-7-17-38)46-30-32-48-47-24-14-15-25-52(47)56(54(48)37-46,42-20-8-4-9-21-42)43-22-10-5-11-23-43;1-45(2)41-17-11-10-16-37(41)40-28-35(23-25-42(40)45)47(34-20-18-31(19-21-34)30-12-6-5-7-13-30)36-22-24-38-39-26-32-14-8-9-15-33(32)27-43(39)46(3,4)44(38)29-36;1-3-13-30(14-4-1)31-23-25-33(26-24-31)44(32-15-5-2-6-16-32)34-27-28-38-37-19-9-12-22-41(37)43(42(38)29-34)39-20-10-7-17-35(39)36-18-8-11-21-40(36)43/h3-37H,1-2H3;5-29H,1-4H3;1-29H. The number of hydrogen-bond acceptors (Lipinski definition) is 3. The Hall–Kier alpha value is -18.0. The minimum absolute atomic E-state index is 0.0282. The van der Waals surface area contributed by atoms with Gasteiger partial charge >= 0.3 is 0 Å². The molecule has 0 amide bonds. The van der Waals surface area contributed by atoms with Crippen LogP contribution in [0.4, 0.5) is 51.2 Å². The van der Waals surface area contributed by atoms with Gasteiger partial charge in [-0.15, -0.1) is 0 Å². The molecule has 0 unspecified atom stereocenters. The van der Waals surface area contributed by atoms with Crippen molar-refractivity contribution in [2.75, 3.05) is 14.7 Å². The summed E-state index contributed by atoms with van der Waals surface area (Å²) >= 11 is 0. The van der Waals surface area contributed by atoms with E-state index < -0.39 is 5.41 Å². The lowest BCUT2D eigenvalue weighted by Crippen LogP contribution is -2.28. The van der Waals surface area contributed by atoms with Crippen LogP contribution in [0.2, 0.25) is 0 Å². The lowest BCUT2D eigenvalue weighted by atomic mass is 9.67. The molecule has 6 aliphatic rings. The summed E-state index contributed by atoms with van der Waals surface area (Å²) < 4.78 is 0. The Labute approximate surface area is 867 Å². The molecule has 148 heavy (non-hydrogen) atoms. The van der Waals surface area contributed by atoms with Crippen LogP contribution in [0.25, 0.3) is 122 Å². The van der Waals surface area contributed by atoms with Gasteiger partial charge in [0.25, 0.3) is 0 Å². The Balaban J connectivity index is 0.000000111. The molecule has 1 spiro atoms. The molecule has 702 valence electrons. The SMILES string of the molecule is CC1(C)c2ccc(N(c3ccc(-c4ccccc4)cc3)c3ccc4c(c3)C(c3ccccc3)(c3ccccc3)c3ccccc3-4)cc2-c2cc3ccccc3cc21.CC1(C)c2ccccc2-c2cc(N(c3ccc(-c4ccccc4)cc3)c3ccc4c(c3)C(C)(C)c3cc5ccccc5cc3-4)ccc21.c1ccc(-c2ccc(N(c3ccccc3)c3ccc4c(c3)C3(c5ccccc5-c5ccccc53)c3ccccc3-4)cc2)cc1. The fourth-order valence-electron chi connectivity index (χ4n) is 26.0. The van der Waals surface area contributed by atoms with Crippen LogP contribution in [0.3, 0.4) is 0 Å². The molecule has 3 nitrogen and oxygen atoms in total. The molecule has 0 fully saturated rings. The Bertz CT molecular complexity index is 9040. The minimum Gasteiger partial charge on any atom is -0.310 e. The van der Waals surface area contributed by atoms with Crippen LogP contribution in [0.1, 0.15) is 119 Å². The van der Waals surface area contributed by atoms with Gasteiger partial charge in [-0.3, -0.25) is 0 Å².